The van der Waals surface area contributed by atoms with Crippen LogP contribution in [0.2, 0.25) is 0 Å². The Hall–Kier alpha value is -7.94. The Kier molecular flexibility index (Phi) is 9.09. The molecule has 11 rings (SSSR count). The number of hydrogen-bond donors (Lipinski definition) is 0. The third kappa shape index (κ3) is 6.29. The highest BCUT2D eigenvalue weighted by molar-refractivity contribution is 6.07. The van der Waals surface area contributed by atoms with E-state index in [1.165, 1.54) is 44.2 Å². The summed E-state index contributed by atoms with van der Waals surface area (Å²) >= 11 is 0. The smallest absolute Gasteiger partial charge is 0.135 e. The van der Waals surface area contributed by atoms with Crippen LogP contribution < -0.4 is 4.90 Å². The number of para-hydroxylation sites is 2. The van der Waals surface area contributed by atoms with Crippen molar-refractivity contribution in [2.24, 2.45) is 0 Å². The molecule has 0 atom stereocenters. The van der Waals surface area contributed by atoms with Crippen molar-refractivity contribution >= 4 is 49.8 Å². The molecular weight excluding hydrogens is 739 g/mol. The van der Waals surface area contributed by atoms with Crippen molar-refractivity contribution in [2.75, 3.05) is 4.90 Å². The third-order valence-electron chi connectivity index (χ3n) is 12.2. The number of benzene rings is 10. The van der Waals surface area contributed by atoms with Crippen molar-refractivity contribution in [1.82, 2.24) is 0 Å². The van der Waals surface area contributed by atoms with Crippen LogP contribution >= 0.6 is 0 Å². The van der Waals surface area contributed by atoms with Gasteiger partial charge in [0.05, 0.1) is 11.1 Å². The van der Waals surface area contributed by atoms with E-state index in [0.717, 1.165) is 50.1 Å². The average molecular weight is 780 g/mol. The summed E-state index contributed by atoms with van der Waals surface area (Å²) in [7, 11) is 0. The van der Waals surface area contributed by atoms with E-state index in [1.807, 2.05) is 12.1 Å². The highest BCUT2D eigenvalue weighted by Crippen LogP contribution is 2.47. The van der Waals surface area contributed by atoms with E-state index in [2.05, 4.69) is 241 Å². The summed E-state index contributed by atoms with van der Waals surface area (Å²) in [6.07, 6.45) is 0. The van der Waals surface area contributed by atoms with E-state index in [4.69, 9.17) is 4.42 Å². The number of anilines is 3. The van der Waals surface area contributed by atoms with Crippen LogP contribution in [0.3, 0.4) is 0 Å². The second kappa shape index (κ2) is 15.3. The van der Waals surface area contributed by atoms with Gasteiger partial charge in [0.1, 0.15) is 11.2 Å². The fraction of sp³-hybridized carbons (Fsp3) is 0.0169. The summed E-state index contributed by atoms with van der Waals surface area (Å²) in [6, 6.07) is 89.7. The van der Waals surface area contributed by atoms with E-state index in [9.17, 15) is 0 Å². The average Bonchev–Trinajstić information content (AvgIpc) is 3.72. The molecule has 288 valence electrons. The van der Waals surface area contributed by atoms with Gasteiger partial charge < -0.3 is 9.32 Å². The van der Waals surface area contributed by atoms with Crippen LogP contribution in [0.4, 0.5) is 17.1 Å². The van der Waals surface area contributed by atoms with E-state index in [-0.39, 0.29) is 0 Å². The van der Waals surface area contributed by atoms with E-state index >= 15 is 0 Å². The van der Waals surface area contributed by atoms with E-state index in [1.54, 1.807) is 0 Å². The van der Waals surface area contributed by atoms with Gasteiger partial charge in [-0.05, 0) is 98.4 Å². The first-order valence-corrected chi connectivity index (χ1v) is 20.9. The Morgan fingerprint density at radius 1 is 0.295 bits per heavy atom. The largest absolute Gasteiger partial charge is 0.456 e. The molecule has 2 nitrogen and oxygen atoms in total. The van der Waals surface area contributed by atoms with Gasteiger partial charge in [-0.15, -0.1) is 0 Å². The lowest BCUT2D eigenvalue weighted by Crippen LogP contribution is -2.30. The molecule has 0 aliphatic heterocycles. The topological polar surface area (TPSA) is 16.4 Å². The summed E-state index contributed by atoms with van der Waals surface area (Å²) in [5, 5.41) is 4.65. The molecule has 0 unspecified atom stereocenters. The lowest BCUT2D eigenvalue weighted by Gasteiger charge is -2.37. The molecule has 1 heterocycles. The third-order valence-corrected chi connectivity index (χ3v) is 12.2. The van der Waals surface area contributed by atoms with Crippen molar-refractivity contribution in [3.63, 3.8) is 0 Å². The molecule has 2 heteroatoms. The van der Waals surface area contributed by atoms with Gasteiger partial charge in [0.2, 0.25) is 0 Å². The van der Waals surface area contributed by atoms with Crippen molar-refractivity contribution in [3.05, 3.63) is 271 Å². The van der Waals surface area contributed by atoms with Crippen LogP contribution in [-0.4, -0.2) is 0 Å². The zero-order valence-corrected chi connectivity index (χ0v) is 33.5. The van der Waals surface area contributed by atoms with Crippen LogP contribution in [0.15, 0.2) is 253 Å². The molecule has 0 radical (unpaired) electrons. The molecule has 0 bridgehead atoms. The normalized spacial score (nSPS) is 11.6. The number of nitrogens with zero attached hydrogens (tertiary/aromatic N) is 1. The van der Waals surface area contributed by atoms with Crippen molar-refractivity contribution in [3.8, 4) is 22.3 Å². The second-order valence-electron chi connectivity index (χ2n) is 15.6. The van der Waals surface area contributed by atoms with E-state index < -0.39 is 5.41 Å². The summed E-state index contributed by atoms with van der Waals surface area (Å²) in [6.45, 7) is 0. The molecule has 0 N–H and O–H groups in total. The molecule has 0 saturated heterocycles. The zero-order chi connectivity index (χ0) is 40.6. The highest BCUT2D eigenvalue weighted by Gasteiger charge is 2.38. The van der Waals surface area contributed by atoms with Gasteiger partial charge in [-0.3, -0.25) is 0 Å². The quantitative estimate of drug-likeness (QED) is 0.136. The molecule has 0 fully saturated rings. The Balaban J connectivity index is 1.00. The molecular formula is C59H41NO. The molecule has 0 aliphatic rings. The van der Waals surface area contributed by atoms with Gasteiger partial charge in [-0.1, -0.05) is 200 Å². The van der Waals surface area contributed by atoms with Gasteiger partial charge in [-0.25, -0.2) is 0 Å². The summed E-state index contributed by atoms with van der Waals surface area (Å²) < 4.78 is 6.13. The zero-order valence-electron chi connectivity index (χ0n) is 33.5. The molecule has 0 aliphatic carbocycles. The van der Waals surface area contributed by atoms with E-state index in [0.29, 0.717) is 0 Å². The lowest BCUT2D eigenvalue weighted by atomic mass is 9.65. The molecule has 0 amide bonds. The standard InChI is InChI=1S/C59H41NO/c1-5-17-45(18-6-1)59(46-19-7-2-8-20-46,47-21-9-3-10-22-47)48-34-29-43(30-35-48)51-38-39-56(53-26-14-13-25-52(51)53)60(49-23-11-4-12-24-49)50-36-31-42(32-37-50)44-33-40-58-55(41-44)54-27-15-16-28-57(54)61-58/h1-41H. The summed E-state index contributed by atoms with van der Waals surface area (Å²) in [5.74, 6) is 0. The predicted octanol–water partition coefficient (Wildman–Crippen LogP) is 15.9. The molecule has 10 aromatic carbocycles. The molecule has 61 heavy (non-hydrogen) atoms. The van der Waals surface area contributed by atoms with Crippen molar-refractivity contribution in [1.29, 1.82) is 0 Å². The number of furan rings is 1. The number of fused-ring (bicyclic) bond motifs is 4. The fourth-order valence-electron chi connectivity index (χ4n) is 9.41. The van der Waals surface area contributed by atoms with Crippen molar-refractivity contribution < 1.29 is 4.42 Å². The molecule has 1 aromatic heterocycles. The first-order valence-electron chi connectivity index (χ1n) is 20.9. The van der Waals surface area contributed by atoms with Gasteiger partial charge in [0.15, 0.2) is 0 Å². The minimum Gasteiger partial charge on any atom is -0.456 e. The SMILES string of the molecule is c1ccc(N(c2ccc(-c3ccc4oc5ccccc5c4c3)cc2)c2ccc(-c3ccc(C(c4ccccc4)(c4ccccc4)c4ccccc4)cc3)c3ccccc23)cc1. The lowest BCUT2D eigenvalue weighted by molar-refractivity contribution is 0.669. The van der Waals surface area contributed by atoms with Crippen LogP contribution in [0, 0.1) is 0 Å². The predicted molar refractivity (Wildman–Crippen MR) is 255 cm³/mol. The second-order valence-corrected chi connectivity index (χ2v) is 15.6. The van der Waals surface area contributed by atoms with Crippen LogP contribution in [0.25, 0.3) is 55.0 Å². The van der Waals surface area contributed by atoms with Crippen LogP contribution in [0.1, 0.15) is 22.3 Å². The van der Waals surface area contributed by atoms with Gasteiger partial charge >= 0.3 is 0 Å². The van der Waals surface area contributed by atoms with Crippen LogP contribution in [0.5, 0.6) is 0 Å². The highest BCUT2D eigenvalue weighted by atomic mass is 16.3. The minimum atomic E-state index is -0.500. The first kappa shape index (κ1) is 36.2. The maximum atomic E-state index is 6.13. The molecule has 11 aromatic rings. The summed E-state index contributed by atoms with van der Waals surface area (Å²) in [4.78, 5) is 2.37. The van der Waals surface area contributed by atoms with Gasteiger partial charge in [-0.2, -0.15) is 0 Å². The number of rotatable bonds is 9. The van der Waals surface area contributed by atoms with Crippen LogP contribution in [-0.2, 0) is 5.41 Å². The Labute approximate surface area is 356 Å². The van der Waals surface area contributed by atoms with Crippen molar-refractivity contribution in [2.45, 2.75) is 5.41 Å². The van der Waals surface area contributed by atoms with Gasteiger partial charge in [0.25, 0.3) is 0 Å². The molecule has 0 saturated carbocycles. The number of hydrogen-bond acceptors (Lipinski definition) is 2. The first-order chi connectivity index (χ1) is 30.3. The maximum absolute atomic E-state index is 6.13. The minimum absolute atomic E-state index is 0.500. The Morgan fingerprint density at radius 2 is 0.754 bits per heavy atom. The molecule has 0 spiro atoms. The Bertz CT molecular complexity index is 3170. The Morgan fingerprint density at radius 3 is 1.38 bits per heavy atom. The fourth-order valence-corrected chi connectivity index (χ4v) is 9.41. The monoisotopic (exact) mass is 779 g/mol. The maximum Gasteiger partial charge on any atom is 0.135 e. The van der Waals surface area contributed by atoms with Gasteiger partial charge in [0, 0.05) is 27.5 Å². The summed E-state index contributed by atoms with van der Waals surface area (Å²) in [5.41, 5.74) is 14.2.